The molecule has 4 heteroatoms. The van der Waals surface area contributed by atoms with Gasteiger partial charge in [0.25, 0.3) is 0 Å². The zero-order chi connectivity index (χ0) is 24.7. The van der Waals surface area contributed by atoms with Crippen molar-refractivity contribution < 1.29 is 19.1 Å². The van der Waals surface area contributed by atoms with Gasteiger partial charge in [-0.2, -0.15) is 0 Å². The van der Waals surface area contributed by atoms with Gasteiger partial charge in [-0.3, -0.25) is 9.59 Å². The van der Waals surface area contributed by atoms with E-state index in [0.29, 0.717) is 29.3 Å². The van der Waals surface area contributed by atoms with E-state index in [4.69, 9.17) is 9.47 Å². The second kappa shape index (κ2) is 9.38. The van der Waals surface area contributed by atoms with Gasteiger partial charge in [-0.1, -0.05) is 39.7 Å². The van der Waals surface area contributed by atoms with Gasteiger partial charge in [-0.05, 0) is 99.4 Å². The van der Waals surface area contributed by atoms with Gasteiger partial charge >= 0.3 is 11.9 Å². The number of fused-ring (bicyclic) bond motifs is 3. The molecule has 0 saturated heterocycles. The monoisotopic (exact) mass is 460 g/mol. The van der Waals surface area contributed by atoms with Crippen molar-refractivity contribution in [1.29, 1.82) is 0 Å². The number of esters is 2. The zero-order valence-electron chi connectivity index (χ0n) is 22.5. The molecule has 188 valence electrons. The summed E-state index contributed by atoms with van der Waals surface area (Å²) in [5.74, 6) is 1.37. The smallest absolute Gasteiger partial charge is 0.303 e. The van der Waals surface area contributed by atoms with Crippen LogP contribution in [0, 0.1) is 34.0 Å². The van der Waals surface area contributed by atoms with Crippen molar-refractivity contribution in [3.05, 3.63) is 11.6 Å². The molecule has 6 atom stereocenters. The average molecular weight is 461 g/mol. The van der Waals surface area contributed by atoms with E-state index in [9.17, 15) is 9.59 Å². The Bertz CT molecular complexity index is 782. The third kappa shape index (κ3) is 5.05. The number of hydrogen-bond donors (Lipinski definition) is 0. The molecule has 3 aliphatic carbocycles. The summed E-state index contributed by atoms with van der Waals surface area (Å²) in [5.41, 5.74) is 1.77. The molecule has 3 fully saturated rings. The molecule has 0 aromatic heterocycles. The van der Waals surface area contributed by atoms with E-state index in [1.165, 1.54) is 44.6 Å². The molecular weight excluding hydrogens is 412 g/mol. The van der Waals surface area contributed by atoms with Gasteiger partial charge in [0, 0.05) is 19.8 Å². The first-order chi connectivity index (χ1) is 15.2. The number of rotatable bonds is 6. The molecule has 4 nitrogen and oxygen atoms in total. The Morgan fingerprint density at radius 2 is 1.52 bits per heavy atom. The second-order valence-corrected chi connectivity index (χ2v) is 12.9. The molecular formula is C29H48O4. The first-order valence-electron chi connectivity index (χ1n) is 13.2. The molecule has 0 aromatic rings. The summed E-state index contributed by atoms with van der Waals surface area (Å²) < 4.78 is 11.2. The van der Waals surface area contributed by atoms with Crippen LogP contribution in [0.4, 0.5) is 0 Å². The fourth-order valence-electron chi connectivity index (χ4n) is 8.93. The van der Waals surface area contributed by atoms with Crippen molar-refractivity contribution in [3.63, 3.8) is 0 Å². The van der Waals surface area contributed by atoms with Crippen LogP contribution < -0.4 is 0 Å². The minimum absolute atomic E-state index is 0.162. The van der Waals surface area contributed by atoms with Crippen LogP contribution in [-0.2, 0) is 19.1 Å². The summed E-state index contributed by atoms with van der Waals surface area (Å²) in [6.45, 7) is 17.8. The summed E-state index contributed by atoms with van der Waals surface area (Å²) in [6.07, 6.45) is 12.6. The summed E-state index contributed by atoms with van der Waals surface area (Å²) in [7, 11) is 0. The normalized spacial score (nSPS) is 40.4. The van der Waals surface area contributed by atoms with Crippen LogP contribution >= 0.6 is 0 Å². The Morgan fingerprint density at radius 1 is 0.848 bits per heavy atom. The molecule has 0 amide bonds. The lowest BCUT2D eigenvalue weighted by Crippen LogP contribution is -2.63. The molecule has 0 aliphatic heterocycles. The number of carbonyl (C=O) groups is 2. The fourth-order valence-corrected chi connectivity index (χ4v) is 8.93. The van der Waals surface area contributed by atoms with E-state index in [1.54, 1.807) is 6.92 Å². The van der Waals surface area contributed by atoms with E-state index in [2.05, 4.69) is 41.5 Å². The van der Waals surface area contributed by atoms with E-state index in [-0.39, 0.29) is 17.4 Å². The number of carbonyl (C=O) groups excluding carboxylic acids is 2. The third-order valence-corrected chi connectivity index (χ3v) is 10.2. The first-order valence-corrected chi connectivity index (χ1v) is 13.2. The second-order valence-electron chi connectivity index (χ2n) is 12.9. The van der Waals surface area contributed by atoms with Crippen molar-refractivity contribution in [2.24, 2.45) is 34.0 Å². The molecule has 0 spiro atoms. The molecule has 0 bridgehead atoms. The van der Waals surface area contributed by atoms with Crippen molar-refractivity contribution in [3.8, 4) is 0 Å². The van der Waals surface area contributed by atoms with Crippen LogP contribution in [0.2, 0.25) is 0 Å². The summed E-state index contributed by atoms with van der Waals surface area (Å²) in [5, 5.41) is 0. The van der Waals surface area contributed by atoms with Gasteiger partial charge in [0.1, 0.15) is 12.2 Å². The quantitative estimate of drug-likeness (QED) is 0.309. The Morgan fingerprint density at radius 3 is 2.15 bits per heavy atom. The van der Waals surface area contributed by atoms with Crippen LogP contribution in [0.1, 0.15) is 113 Å². The highest BCUT2D eigenvalue weighted by atomic mass is 16.6. The highest BCUT2D eigenvalue weighted by molar-refractivity contribution is 5.66. The van der Waals surface area contributed by atoms with Gasteiger partial charge in [0.15, 0.2) is 0 Å². The Hall–Kier alpha value is -1.32. The van der Waals surface area contributed by atoms with E-state index in [1.807, 2.05) is 6.08 Å². The molecule has 0 aromatic carbocycles. The average Bonchev–Trinajstić information content (AvgIpc) is 2.65. The summed E-state index contributed by atoms with van der Waals surface area (Å²) >= 11 is 0. The van der Waals surface area contributed by atoms with Crippen LogP contribution in [0.25, 0.3) is 0 Å². The van der Waals surface area contributed by atoms with E-state index >= 15 is 0 Å². The maximum Gasteiger partial charge on any atom is 0.303 e. The minimum Gasteiger partial charge on any atom is -0.462 e. The molecule has 0 radical (unpaired) electrons. The Kier molecular flexibility index (Phi) is 7.47. The molecule has 33 heavy (non-hydrogen) atoms. The minimum atomic E-state index is -0.416. The standard InChI is InChI=1S/C29H48O4/c1-20(14-19-32-21(2)30)10-11-25-28(7)17-12-23-26(4,5)15-9-16-27(23,6)24(28)13-18-29(25,8)33-22(3)31/h14,23-25H,9-13,15-19H2,1-8H3/b20-14-/t23-,24+,25-,27-,28+,29-/m0/s1. The first kappa shape index (κ1) is 26.3. The molecule has 3 rings (SSSR count). The Balaban J connectivity index is 1.90. The fraction of sp³-hybridized carbons (Fsp3) is 0.862. The van der Waals surface area contributed by atoms with Crippen molar-refractivity contribution in [2.45, 2.75) is 119 Å². The number of hydrogen-bond acceptors (Lipinski definition) is 4. The third-order valence-electron chi connectivity index (χ3n) is 10.2. The van der Waals surface area contributed by atoms with E-state index in [0.717, 1.165) is 31.6 Å². The maximum atomic E-state index is 12.2. The van der Waals surface area contributed by atoms with E-state index < -0.39 is 5.60 Å². The van der Waals surface area contributed by atoms with Crippen LogP contribution in [0.15, 0.2) is 11.6 Å². The summed E-state index contributed by atoms with van der Waals surface area (Å²) in [6, 6.07) is 0. The van der Waals surface area contributed by atoms with Gasteiger partial charge in [0.2, 0.25) is 0 Å². The van der Waals surface area contributed by atoms with Gasteiger partial charge in [0.05, 0.1) is 0 Å². The van der Waals surface area contributed by atoms with Crippen molar-refractivity contribution in [1.82, 2.24) is 0 Å². The molecule has 3 saturated carbocycles. The van der Waals surface area contributed by atoms with Gasteiger partial charge in [-0.25, -0.2) is 0 Å². The molecule has 3 aliphatic rings. The lowest BCUT2D eigenvalue weighted by atomic mass is 9.38. The van der Waals surface area contributed by atoms with Gasteiger partial charge in [-0.15, -0.1) is 0 Å². The number of allylic oxidation sites excluding steroid dienone is 1. The SMILES string of the molecule is CC(=O)OC/C=C(/C)CC[C@H]1[C@]2(C)CC[C@H]3C(C)(C)CCC[C@]3(C)[C@H]2CC[C@]1(C)OC(C)=O. The zero-order valence-corrected chi connectivity index (χ0v) is 22.5. The van der Waals surface area contributed by atoms with Crippen molar-refractivity contribution in [2.75, 3.05) is 6.61 Å². The predicted octanol–water partition coefficient (Wildman–Crippen LogP) is 7.26. The summed E-state index contributed by atoms with van der Waals surface area (Å²) in [4.78, 5) is 23.3. The lowest BCUT2D eigenvalue weighted by Gasteiger charge is -2.68. The van der Waals surface area contributed by atoms with Gasteiger partial charge < -0.3 is 9.47 Å². The predicted molar refractivity (Wildman–Crippen MR) is 133 cm³/mol. The Labute approximate surface area is 202 Å². The molecule has 0 heterocycles. The van der Waals surface area contributed by atoms with Crippen molar-refractivity contribution >= 4 is 11.9 Å². The highest BCUT2D eigenvalue weighted by Gasteiger charge is 2.64. The van der Waals surface area contributed by atoms with Crippen LogP contribution in [-0.4, -0.2) is 24.1 Å². The largest absolute Gasteiger partial charge is 0.462 e. The van der Waals surface area contributed by atoms with Crippen LogP contribution in [0.5, 0.6) is 0 Å². The topological polar surface area (TPSA) is 52.6 Å². The highest BCUT2D eigenvalue weighted by Crippen LogP contribution is 2.70. The lowest BCUT2D eigenvalue weighted by molar-refractivity contribution is -0.223. The molecule has 0 N–H and O–H groups in total. The number of ether oxygens (including phenoxy) is 2. The molecule has 0 unspecified atom stereocenters. The maximum absolute atomic E-state index is 12.2. The van der Waals surface area contributed by atoms with Crippen LogP contribution in [0.3, 0.4) is 0 Å².